The lowest BCUT2D eigenvalue weighted by atomic mass is 9.88. The first-order chi connectivity index (χ1) is 9.84. The zero-order valence-electron chi connectivity index (χ0n) is 12.5. The van der Waals surface area contributed by atoms with Crippen LogP contribution in [0.4, 0.5) is 8.78 Å². The number of carbonyl (C=O) groups is 2. The van der Waals surface area contributed by atoms with Crippen LogP contribution in [-0.4, -0.2) is 36.9 Å². The van der Waals surface area contributed by atoms with Gasteiger partial charge in [0.2, 0.25) is 11.8 Å². The predicted molar refractivity (Wildman–Crippen MR) is 75.8 cm³/mol. The Morgan fingerprint density at radius 1 is 1.29 bits per heavy atom. The molecule has 0 spiro atoms. The summed E-state index contributed by atoms with van der Waals surface area (Å²) in [5.74, 6) is -3.63. The number of hydrogen-bond donors (Lipinski definition) is 3. The minimum atomic E-state index is -3.09. The van der Waals surface area contributed by atoms with Crippen molar-refractivity contribution in [2.45, 2.75) is 57.4 Å². The van der Waals surface area contributed by atoms with E-state index in [1.165, 1.54) is 0 Å². The molecule has 0 bridgehead atoms. The summed E-state index contributed by atoms with van der Waals surface area (Å²) in [5, 5.41) is 4.92. The van der Waals surface area contributed by atoms with Crippen LogP contribution in [0.3, 0.4) is 0 Å². The highest BCUT2D eigenvalue weighted by atomic mass is 19.3. The summed E-state index contributed by atoms with van der Waals surface area (Å²) in [5.41, 5.74) is 4.88. The molecule has 1 atom stereocenters. The van der Waals surface area contributed by atoms with Crippen molar-refractivity contribution in [3.63, 3.8) is 0 Å². The summed E-state index contributed by atoms with van der Waals surface area (Å²) in [6, 6.07) is -0.370. The van der Waals surface area contributed by atoms with Gasteiger partial charge in [-0.25, -0.2) is 8.78 Å². The molecule has 7 heteroatoms. The van der Waals surface area contributed by atoms with Crippen molar-refractivity contribution in [1.82, 2.24) is 10.6 Å². The molecule has 0 aromatic heterocycles. The highest BCUT2D eigenvalue weighted by Crippen LogP contribution is 2.23. The fraction of sp³-hybridized carbons (Fsp3) is 0.857. The second kappa shape index (κ2) is 8.26. The molecule has 2 amide bonds. The zero-order valence-corrected chi connectivity index (χ0v) is 12.5. The monoisotopic (exact) mass is 305 g/mol. The van der Waals surface area contributed by atoms with Gasteiger partial charge in [-0.05, 0) is 19.8 Å². The van der Waals surface area contributed by atoms with Crippen LogP contribution in [-0.2, 0) is 9.59 Å². The molecule has 4 N–H and O–H groups in total. The number of nitrogens with one attached hydrogen (secondary N) is 2. The van der Waals surface area contributed by atoms with E-state index in [0.717, 1.165) is 32.1 Å². The third-order valence-corrected chi connectivity index (χ3v) is 3.70. The van der Waals surface area contributed by atoms with Crippen LogP contribution in [0, 0.1) is 5.92 Å². The maximum absolute atomic E-state index is 12.9. The minimum Gasteiger partial charge on any atom is -0.353 e. The molecule has 5 nitrogen and oxygen atoms in total. The molecule has 1 saturated carbocycles. The molecule has 0 aliphatic heterocycles. The van der Waals surface area contributed by atoms with Gasteiger partial charge in [0.25, 0.3) is 5.92 Å². The van der Waals surface area contributed by atoms with E-state index >= 15 is 0 Å². The molecule has 1 rings (SSSR count). The van der Waals surface area contributed by atoms with Gasteiger partial charge in [-0.15, -0.1) is 0 Å². The first-order valence-electron chi connectivity index (χ1n) is 7.49. The molecule has 122 valence electrons. The molecule has 21 heavy (non-hydrogen) atoms. The number of halogens is 2. The number of amides is 2. The molecular weight excluding hydrogens is 280 g/mol. The van der Waals surface area contributed by atoms with Crippen molar-refractivity contribution in [2.24, 2.45) is 11.7 Å². The van der Waals surface area contributed by atoms with Crippen LogP contribution in [0.5, 0.6) is 0 Å². The summed E-state index contributed by atoms with van der Waals surface area (Å²) < 4.78 is 25.8. The molecule has 1 fully saturated rings. The third-order valence-electron chi connectivity index (χ3n) is 3.70. The van der Waals surface area contributed by atoms with E-state index in [1.54, 1.807) is 6.92 Å². The van der Waals surface area contributed by atoms with Crippen molar-refractivity contribution in [1.29, 1.82) is 0 Å². The molecule has 0 saturated heterocycles. The van der Waals surface area contributed by atoms with E-state index in [9.17, 15) is 18.4 Å². The van der Waals surface area contributed by atoms with E-state index in [4.69, 9.17) is 5.73 Å². The molecule has 1 aliphatic carbocycles. The smallest absolute Gasteiger partial charge is 0.277 e. The Hall–Kier alpha value is -1.24. The Balaban J connectivity index is 2.27. The molecule has 0 aromatic rings. The number of carbonyl (C=O) groups excluding carboxylic acids is 2. The second-order valence-electron chi connectivity index (χ2n) is 5.79. The summed E-state index contributed by atoms with van der Waals surface area (Å²) in [7, 11) is 0. The molecule has 0 heterocycles. The van der Waals surface area contributed by atoms with Crippen LogP contribution in [0.25, 0.3) is 0 Å². The lowest BCUT2D eigenvalue weighted by Crippen LogP contribution is -2.44. The largest absolute Gasteiger partial charge is 0.353 e. The van der Waals surface area contributed by atoms with Gasteiger partial charge in [-0.1, -0.05) is 19.3 Å². The minimum absolute atomic E-state index is 0.0148. The Kier molecular flexibility index (Phi) is 7.01. The maximum atomic E-state index is 12.9. The number of hydrogen-bond acceptors (Lipinski definition) is 3. The SMILES string of the molecule is CC(CC(=O)NCC(F)(F)CN)NC(=O)C1CCCCC1. The lowest BCUT2D eigenvalue weighted by molar-refractivity contribution is -0.127. The van der Waals surface area contributed by atoms with E-state index in [1.807, 2.05) is 0 Å². The third kappa shape index (κ3) is 6.84. The summed E-state index contributed by atoms with van der Waals surface area (Å²) in [6.07, 6.45) is 5.03. The Morgan fingerprint density at radius 2 is 1.90 bits per heavy atom. The molecule has 0 radical (unpaired) electrons. The standard InChI is InChI=1S/C14H25F2N3O2/c1-10(7-12(20)18-9-14(15,16)8-17)19-13(21)11-5-3-2-4-6-11/h10-11H,2-9,17H2,1H3,(H,18,20)(H,19,21). The van der Waals surface area contributed by atoms with Crippen molar-refractivity contribution in [2.75, 3.05) is 13.1 Å². The van der Waals surface area contributed by atoms with Crippen molar-refractivity contribution in [3.05, 3.63) is 0 Å². The van der Waals surface area contributed by atoms with Crippen LogP contribution >= 0.6 is 0 Å². The van der Waals surface area contributed by atoms with Crippen LogP contribution in [0.1, 0.15) is 45.4 Å². The predicted octanol–water partition coefficient (Wildman–Crippen LogP) is 1.17. The second-order valence-corrected chi connectivity index (χ2v) is 5.79. The van der Waals surface area contributed by atoms with Gasteiger partial charge in [0.1, 0.15) is 0 Å². The summed E-state index contributed by atoms with van der Waals surface area (Å²) >= 11 is 0. The molecule has 1 unspecified atom stereocenters. The van der Waals surface area contributed by atoms with E-state index in [2.05, 4.69) is 10.6 Å². The van der Waals surface area contributed by atoms with E-state index in [-0.39, 0.29) is 24.3 Å². The van der Waals surface area contributed by atoms with Crippen molar-refractivity contribution in [3.8, 4) is 0 Å². The summed E-state index contributed by atoms with van der Waals surface area (Å²) in [6.45, 7) is 0.119. The van der Waals surface area contributed by atoms with Crippen LogP contribution in [0.15, 0.2) is 0 Å². The maximum Gasteiger partial charge on any atom is 0.277 e. The van der Waals surface area contributed by atoms with Crippen molar-refractivity contribution >= 4 is 11.8 Å². The van der Waals surface area contributed by atoms with Gasteiger partial charge >= 0.3 is 0 Å². The zero-order chi connectivity index (χ0) is 15.9. The van der Waals surface area contributed by atoms with Gasteiger partial charge < -0.3 is 16.4 Å². The number of alkyl halides is 2. The van der Waals surface area contributed by atoms with Gasteiger partial charge in [-0.2, -0.15) is 0 Å². The molecule has 0 aromatic carbocycles. The summed E-state index contributed by atoms with van der Waals surface area (Å²) in [4.78, 5) is 23.5. The topological polar surface area (TPSA) is 84.2 Å². The number of rotatable bonds is 7. The Morgan fingerprint density at radius 3 is 2.48 bits per heavy atom. The van der Waals surface area contributed by atoms with Gasteiger partial charge in [-0.3, -0.25) is 9.59 Å². The average molecular weight is 305 g/mol. The Labute approximate surface area is 124 Å². The molecular formula is C14H25F2N3O2. The molecule has 1 aliphatic rings. The normalized spacial score (nSPS) is 18.1. The highest BCUT2D eigenvalue weighted by Gasteiger charge is 2.28. The quantitative estimate of drug-likeness (QED) is 0.660. The van der Waals surface area contributed by atoms with Gasteiger partial charge in [0.15, 0.2) is 0 Å². The first kappa shape index (κ1) is 17.8. The van der Waals surface area contributed by atoms with Gasteiger partial charge in [0, 0.05) is 18.4 Å². The Bertz CT molecular complexity index is 358. The fourth-order valence-corrected chi connectivity index (χ4v) is 2.43. The lowest BCUT2D eigenvalue weighted by Gasteiger charge is -2.23. The highest BCUT2D eigenvalue weighted by molar-refractivity contribution is 5.81. The fourth-order valence-electron chi connectivity index (χ4n) is 2.43. The van der Waals surface area contributed by atoms with E-state index < -0.39 is 24.9 Å². The van der Waals surface area contributed by atoms with Gasteiger partial charge in [0.05, 0.1) is 13.1 Å². The first-order valence-corrected chi connectivity index (χ1v) is 7.49. The van der Waals surface area contributed by atoms with E-state index in [0.29, 0.717) is 0 Å². The number of nitrogens with two attached hydrogens (primary N) is 1. The van der Waals surface area contributed by atoms with Crippen molar-refractivity contribution < 1.29 is 18.4 Å². The van der Waals surface area contributed by atoms with Crippen LogP contribution < -0.4 is 16.4 Å². The average Bonchev–Trinajstić information content (AvgIpc) is 2.46. The van der Waals surface area contributed by atoms with Crippen LogP contribution in [0.2, 0.25) is 0 Å².